The molecule has 7 nitrogen and oxygen atoms in total. The monoisotopic (exact) mass is 447 g/mol. The summed E-state index contributed by atoms with van der Waals surface area (Å²) in [5, 5.41) is 5.00. The molecule has 0 unspecified atom stereocenters. The number of benzene rings is 2. The van der Waals surface area contributed by atoms with Gasteiger partial charge in [0.05, 0.1) is 10.7 Å². The zero-order valence-electron chi connectivity index (χ0n) is 15.6. The third kappa shape index (κ3) is 4.81. The van der Waals surface area contributed by atoms with E-state index in [0.29, 0.717) is 5.56 Å². The van der Waals surface area contributed by atoms with Crippen LogP contribution in [0.5, 0.6) is 5.75 Å². The van der Waals surface area contributed by atoms with Crippen molar-refractivity contribution in [3.05, 3.63) is 64.4 Å². The number of thiocarbonyl (C=S) groups is 1. The lowest BCUT2D eigenvalue weighted by molar-refractivity contribution is -0.128. The first-order chi connectivity index (χ1) is 14.3. The van der Waals surface area contributed by atoms with E-state index in [1.165, 1.54) is 43.5 Å². The highest BCUT2D eigenvalue weighted by Gasteiger charge is 2.30. The number of para-hydroxylation sites is 1. The fraction of sp³-hybridized carbons (Fsp3) is 0.100. The van der Waals surface area contributed by atoms with Crippen molar-refractivity contribution >= 4 is 58.4 Å². The molecular formula is C20H15ClFN3O4S. The minimum absolute atomic E-state index is 0.0255. The number of nitrogens with zero attached hydrogens (tertiary/aromatic N) is 1. The minimum Gasteiger partial charge on any atom is -0.482 e. The molecule has 2 aromatic rings. The highest BCUT2D eigenvalue weighted by molar-refractivity contribution is 7.80. The molecule has 1 fully saturated rings. The van der Waals surface area contributed by atoms with Crippen molar-refractivity contribution < 1.29 is 23.5 Å². The predicted molar refractivity (Wildman–Crippen MR) is 113 cm³/mol. The molecule has 1 saturated heterocycles. The summed E-state index contributed by atoms with van der Waals surface area (Å²) >= 11 is 11.1. The normalized spacial score (nSPS) is 15.2. The minimum atomic E-state index is -0.607. The summed E-state index contributed by atoms with van der Waals surface area (Å²) in [7, 11) is 1.45. The van der Waals surface area contributed by atoms with Gasteiger partial charge in [-0.05, 0) is 48.1 Å². The van der Waals surface area contributed by atoms with Crippen LogP contribution >= 0.6 is 23.8 Å². The summed E-state index contributed by atoms with van der Waals surface area (Å²) in [5.74, 6) is -2.06. The fourth-order valence-corrected chi connectivity index (χ4v) is 2.95. The van der Waals surface area contributed by atoms with Crippen LogP contribution in [0.1, 0.15) is 5.56 Å². The Morgan fingerprint density at radius 2 is 2.03 bits per heavy atom. The van der Waals surface area contributed by atoms with Crippen LogP contribution in [0.25, 0.3) is 6.08 Å². The Labute approximate surface area is 181 Å². The summed E-state index contributed by atoms with van der Waals surface area (Å²) in [6.07, 6.45) is 1.37. The summed E-state index contributed by atoms with van der Waals surface area (Å²) in [5.41, 5.74) is 0.419. The predicted octanol–water partition coefficient (Wildman–Crippen LogP) is 2.75. The number of carbonyl (C=O) groups excluding carboxylic acids is 3. The average Bonchev–Trinajstić information content (AvgIpc) is 2.70. The molecule has 2 N–H and O–H groups in total. The van der Waals surface area contributed by atoms with E-state index < -0.39 is 30.1 Å². The number of ether oxygens (including phenoxy) is 1. The Morgan fingerprint density at radius 1 is 1.30 bits per heavy atom. The standard InChI is InChI=1S/C20H15ClFN3O4S/c1-25-19(28)12(18(27)24-20(25)30)8-11-6-7-16(13(21)9-11)29-10-17(26)23-15-5-3-2-4-14(15)22/h2-9H,10H2,1H3,(H,23,26)(H,24,27,30). The van der Waals surface area contributed by atoms with Crippen LogP contribution < -0.4 is 15.4 Å². The van der Waals surface area contributed by atoms with E-state index in [2.05, 4.69) is 10.6 Å². The number of nitrogens with one attached hydrogen (secondary N) is 2. The lowest BCUT2D eigenvalue weighted by Gasteiger charge is -2.25. The van der Waals surface area contributed by atoms with Crippen LogP contribution in [0.3, 0.4) is 0 Å². The molecule has 0 aliphatic carbocycles. The number of likely N-dealkylation sites (N-methyl/N-ethyl adjacent to an activating group) is 1. The first kappa shape index (κ1) is 21.4. The number of anilines is 1. The smallest absolute Gasteiger partial charge is 0.265 e. The maximum atomic E-state index is 13.6. The van der Waals surface area contributed by atoms with Gasteiger partial charge in [0.2, 0.25) is 0 Å². The molecule has 0 bridgehead atoms. The van der Waals surface area contributed by atoms with E-state index in [0.717, 1.165) is 4.90 Å². The van der Waals surface area contributed by atoms with Crippen LogP contribution in [-0.4, -0.2) is 41.4 Å². The Morgan fingerprint density at radius 3 is 2.73 bits per heavy atom. The summed E-state index contributed by atoms with van der Waals surface area (Å²) < 4.78 is 18.9. The maximum Gasteiger partial charge on any atom is 0.265 e. The van der Waals surface area contributed by atoms with Gasteiger partial charge in [0.1, 0.15) is 17.1 Å². The molecule has 0 atom stereocenters. The van der Waals surface area contributed by atoms with E-state index in [1.807, 2.05) is 0 Å². The van der Waals surface area contributed by atoms with Crippen LogP contribution in [0.4, 0.5) is 10.1 Å². The second-order valence-electron chi connectivity index (χ2n) is 6.19. The first-order valence-electron chi connectivity index (χ1n) is 8.58. The second kappa shape index (κ2) is 9.02. The van der Waals surface area contributed by atoms with Gasteiger partial charge in [0.25, 0.3) is 17.7 Å². The lowest BCUT2D eigenvalue weighted by Crippen LogP contribution is -2.52. The van der Waals surface area contributed by atoms with Gasteiger partial charge in [-0.15, -0.1) is 0 Å². The topological polar surface area (TPSA) is 87.7 Å². The molecule has 2 aromatic carbocycles. The van der Waals surface area contributed by atoms with Crippen molar-refractivity contribution in [1.29, 1.82) is 0 Å². The van der Waals surface area contributed by atoms with Crippen molar-refractivity contribution in [2.75, 3.05) is 19.0 Å². The Kier molecular flexibility index (Phi) is 6.43. The molecule has 1 heterocycles. The van der Waals surface area contributed by atoms with Gasteiger partial charge in [-0.1, -0.05) is 29.8 Å². The number of amides is 3. The molecule has 1 aliphatic heterocycles. The molecular weight excluding hydrogens is 433 g/mol. The Bertz CT molecular complexity index is 1090. The van der Waals surface area contributed by atoms with Crippen LogP contribution in [0.15, 0.2) is 48.0 Å². The average molecular weight is 448 g/mol. The van der Waals surface area contributed by atoms with Gasteiger partial charge in [0.15, 0.2) is 11.7 Å². The van der Waals surface area contributed by atoms with E-state index in [-0.39, 0.29) is 27.1 Å². The van der Waals surface area contributed by atoms with E-state index in [1.54, 1.807) is 12.1 Å². The maximum absolute atomic E-state index is 13.6. The summed E-state index contributed by atoms with van der Waals surface area (Å²) in [6.45, 7) is -0.391. The van der Waals surface area contributed by atoms with Gasteiger partial charge < -0.3 is 10.1 Å². The number of hydrogen-bond acceptors (Lipinski definition) is 5. The quantitative estimate of drug-likeness (QED) is 0.418. The lowest BCUT2D eigenvalue weighted by atomic mass is 10.1. The van der Waals surface area contributed by atoms with Crippen molar-refractivity contribution in [2.24, 2.45) is 0 Å². The van der Waals surface area contributed by atoms with Gasteiger partial charge in [-0.25, -0.2) is 4.39 Å². The first-order valence-corrected chi connectivity index (χ1v) is 9.36. The molecule has 3 rings (SSSR count). The van der Waals surface area contributed by atoms with Gasteiger partial charge in [-0.2, -0.15) is 0 Å². The third-order valence-corrected chi connectivity index (χ3v) is 4.75. The molecule has 154 valence electrons. The van der Waals surface area contributed by atoms with E-state index in [9.17, 15) is 18.8 Å². The van der Waals surface area contributed by atoms with E-state index in [4.69, 9.17) is 28.6 Å². The van der Waals surface area contributed by atoms with Crippen molar-refractivity contribution in [3.63, 3.8) is 0 Å². The zero-order valence-corrected chi connectivity index (χ0v) is 17.1. The molecule has 30 heavy (non-hydrogen) atoms. The van der Waals surface area contributed by atoms with Gasteiger partial charge in [-0.3, -0.25) is 24.6 Å². The summed E-state index contributed by atoms with van der Waals surface area (Å²) in [4.78, 5) is 37.4. The van der Waals surface area contributed by atoms with Crippen molar-refractivity contribution in [3.8, 4) is 5.75 Å². The highest BCUT2D eigenvalue weighted by atomic mass is 35.5. The zero-order chi connectivity index (χ0) is 21.8. The number of halogens is 2. The van der Waals surface area contributed by atoms with Crippen LogP contribution in [-0.2, 0) is 14.4 Å². The number of rotatable bonds is 5. The largest absolute Gasteiger partial charge is 0.482 e. The third-order valence-electron chi connectivity index (χ3n) is 4.08. The van der Waals surface area contributed by atoms with E-state index >= 15 is 0 Å². The SMILES string of the molecule is CN1C(=O)C(=Cc2ccc(OCC(=O)Nc3ccccc3F)c(Cl)c2)C(=O)NC1=S. The fourth-order valence-electron chi connectivity index (χ4n) is 2.53. The number of hydrogen-bond donors (Lipinski definition) is 2. The van der Waals surface area contributed by atoms with Crippen molar-refractivity contribution in [2.45, 2.75) is 0 Å². The Balaban J connectivity index is 1.67. The molecule has 1 aliphatic rings. The van der Waals surface area contributed by atoms with Crippen LogP contribution in [0.2, 0.25) is 5.02 Å². The summed E-state index contributed by atoms with van der Waals surface area (Å²) in [6, 6.07) is 10.3. The van der Waals surface area contributed by atoms with Crippen LogP contribution in [0, 0.1) is 5.82 Å². The highest BCUT2D eigenvalue weighted by Crippen LogP contribution is 2.27. The number of carbonyl (C=O) groups is 3. The Hall–Kier alpha value is -3.30. The molecule has 3 amide bonds. The molecule has 0 aromatic heterocycles. The molecule has 0 saturated carbocycles. The van der Waals surface area contributed by atoms with Gasteiger partial charge >= 0.3 is 0 Å². The van der Waals surface area contributed by atoms with Gasteiger partial charge in [0, 0.05) is 7.05 Å². The molecule has 10 heteroatoms. The molecule has 0 spiro atoms. The second-order valence-corrected chi connectivity index (χ2v) is 6.98. The molecule has 0 radical (unpaired) electrons. The van der Waals surface area contributed by atoms with Crippen molar-refractivity contribution in [1.82, 2.24) is 10.2 Å².